The van der Waals surface area contributed by atoms with Crippen LogP contribution in [0.4, 0.5) is 5.69 Å². The van der Waals surface area contributed by atoms with E-state index in [4.69, 9.17) is 14.6 Å². The summed E-state index contributed by atoms with van der Waals surface area (Å²) in [4.78, 5) is 13.9. The average Bonchev–Trinajstić information content (AvgIpc) is 2.68. The molecular weight excluding hydrogens is 370 g/mol. The van der Waals surface area contributed by atoms with Gasteiger partial charge in [0.25, 0.3) is 0 Å². The van der Waals surface area contributed by atoms with E-state index in [0.717, 1.165) is 28.8 Å². The number of nitrogens with zero attached hydrogens (tertiary/aromatic N) is 1. The number of anilines is 1. The van der Waals surface area contributed by atoms with E-state index in [0.29, 0.717) is 25.2 Å². The largest absolute Gasteiger partial charge is 0.478 e. The maximum Gasteiger partial charge on any atom is 0.337 e. The van der Waals surface area contributed by atoms with Gasteiger partial charge in [0.15, 0.2) is 0 Å². The molecule has 3 rings (SSSR count). The molecule has 0 saturated carbocycles. The predicted octanol–water partition coefficient (Wildman–Crippen LogP) is 3.29. The number of aliphatic hydroxyl groups is 1. The number of allylic oxidation sites excluding steroid dienone is 1. The Morgan fingerprint density at radius 3 is 2.90 bits per heavy atom. The number of carbonyl (C=O) groups is 1. The van der Waals surface area contributed by atoms with Crippen LogP contribution in [0.2, 0.25) is 0 Å². The zero-order valence-electron chi connectivity index (χ0n) is 17.1. The van der Waals surface area contributed by atoms with E-state index in [9.17, 15) is 9.90 Å². The molecule has 6 nitrogen and oxygen atoms in total. The van der Waals surface area contributed by atoms with Gasteiger partial charge in [0.05, 0.1) is 24.5 Å². The Morgan fingerprint density at radius 1 is 1.41 bits per heavy atom. The maximum absolute atomic E-state index is 12.0. The number of carboxylic acid groups (broad SMARTS) is 1. The third kappa shape index (κ3) is 4.38. The number of carboxylic acids is 1. The fraction of sp³-hybridized carbons (Fsp3) is 0.435. The lowest BCUT2D eigenvalue weighted by molar-refractivity contribution is -0.132. The molecule has 0 amide bonds. The Morgan fingerprint density at radius 2 is 2.21 bits per heavy atom. The second-order valence-corrected chi connectivity index (χ2v) is 7.44. The van der Waals surface area contributed by atoms with E-state index >= 15 is 0 Å². The summed E-state index contributed by atoms with van der Waals surface area (Å²) >= 11 is 0. The topological polar surface area (TPSA) is 79.2 Å². The Balaban J connectivity index is 2.04. The molecule has 2 aliphatic heterocycles. The summed E-state index contributed by atoms with van der Waals surface area (Å²) in [7, 11) is 0. The van der Waals surface area contributed by atoms with Gasteiger partial charge in [0.2, 0.25) is 0 Å². The maximum atomic E-state index is 12.0. The quantitative estimate of drug-likeness (QED) is 0.567. The van der Waals surface area contributed by atoms with E-state index < -0.39 is 11.7 Å². The molecule has 6 heteroatoms. The smallest absolute Gasteiger partial charge is 0.337 e. The summed E-state index contributed by atoms with van der Waals surface area (Å²) in [6, 6.07) is 3.94. The number of hydrogen-bond acceptors (Lipinski definition) is 5. The molecule has 0 bridgehead atoms. The van der Waals surface area contributed by atoms with Crippen LogP contribution in [-0.4, -0.2) is 41.7 Å². The van der Waals surface area contributed by atoms with Gasteiger partial charge in [-0.25, -0.2) is 4.79 Å². The van der Waals surface area contributed by atoms with Crippen molar-refractivity contribution < 1.29 is 24.5 Å². The molecule has 1 aromatic carbocycles. The Hall–Kier alpha value is -2.59. The monoisotopic (exact) mass is 397 g/mol. The lowest BCUT2D eigenvalue weighted by Crippen LogP contribution is -2.48. The van der Waals surface area contributed by atoms with Gasteiger partial charge in [0, 0.05) is 29.5 Å². The van der Waals surface area contributed by atoms with Crippen molar-refractivity contribution in [1.82, 2.24) is 0 Å². The fourth-order valence-electron chi connectivity index (χ4n) is 3.55. The van der Waals surface area contributed by atoms with Crippen LogP contribution in [-0.2, 0) is 20.9 Å². The van der Waals surface area contributed by atoms with Crippen LogP contribution in [0.3, 0.4) is 0 Å². The predicted molar refractivity (Wildman–Crippen MR) is 111 cm³/mol. The zero-order chi connectivity index (χ0) is 21.0. The number of hydrogen-bond donors (Lipinski definition) is 2. The van der Waals surface area contributed by atoms with Crippen LogP contribution in [0.15, 0.2) is 30.0 Å². The van der Waals surface area contributed by atoms with Crippen LogP contribution in [0.1, 0.15) is 50.3 Å². The molecular formula is C23H27NO5. The van der Waals surface area contributed by atoms with Crippen LogP contribution < -0.4 is 4.90 Å². The molecule has 2 heterocycles. The van der Waals surface area contributed by atoms with Gasteiger partial charge in [-0.05, 0) is 44.4 Å². The molecule has 1 aromatic rings. The average molecular weight is 397 g/mol. The molecule has 2 aliphatic rings. The van der Waals surface area contributed by atoms with Crippen molar-refractivity contribution in [1.29, 1.82) is 0 Å². The standard InChI is InChI=1S/C23H27NO5/c1-4-7-18-19-13-16(8-5-10-28-11-6-9-25)12-17-15-29-23(2,3)24(21(17)19)14-20(18)22(26)27/h7,12-14,25H,4,6,9-11,15H2,1-3H3,(H,26,27). The van der Waals surface area contributed by atoms with Crippen molar-refractivity contribution in [3.05, 3.63) is 46.7 Å². The third-order valence-electron chi connectivity index (χ3n) is 4.92. The molecule has 0 spiro atoms. The highest BCUT2D eigenvalue weighted by Crippen LogP contribution is 2.46. The second kappa shape index (κ2) is 8.83. The zero-order valence-corrected chi connectivity index (χ0v) is 17.1. The van der Waals surface area contributed by atoms with Crippen LogP contribution >= 0.6 is 0 Å². The number of aliphatic hydroxyl groups excluding tert-OH is 1. The molecule has 0 unspecified atom stereocenters. The van der Waals surface area contributed by atoms with E-state index in [-0.39, 0.29) is 18.8 Å². The highest BCUT2D eigenvalue weighted by Gasteiger charge is 2.39. The first-order valence-corrected chi connectivity index (χ1v) is 9.82. The second-order valence-electron chi connectivity index (χ2n) is 7.44. The van der Waals surface area contributed by atoms with Crippen LogP contribution in [0, 0.1) is 11.8 Å². The minimum Gasteiger partial charge on any atom is -0.478 e. The van der Waals surface area contributed by atoms with Gasteiger partial charge in [-0.15, -0.1) is 0 Å². The van der Waals surface area contributed by atoms with Gasteiger partial charge >= 0.3 is 5.97 Å². The highest BCUT2D eigenvalue weighted by molar-refractivity contribution is 6.09. The van der Waals surface area contributed by atoms with Crippen molar-refractivity contribution in [3.8, 4) is 11.8 Å². The lowest BCUT2D eigenvalue weighted by Gasteiger charge is -2.46. The number of aliphatic carboxylic acids is 1. The summed E-state index contributed by atoms with van der Waals surface area (Å²) in [5.74, 6) is 5.13. The van der Waals surface area contributed by atoms with Gasteiger partial charge in [-0.2, -0.15) is 0 Å². The van der Waals surface area contributed by atoms with Gasteiger partial charge in [-0.1, -0.05) is 24.8 Å². The minimum absolute atomic E-state index is 0.0976. The molecule has 0 atom stereocenters. The molecule has 0 aliphatic carbocycles. The summed E-state index contributed by atoms with van der Waals surface area (Å²) in [6.07, 6.45) is 4.94. The van der Waals surface area contributed by atoms with Gasteiger partial charge in [-0.3, -0.25) is 0 Å². The van der Waals surface area contributed by atoms with E-state index in [1.807, 2.05) is 43.9 Å². The van der Waals surface area contributed by atoms with Crippen molar-refractivity contribution in [3.63, 3.8) is 0 Å². The molecule has 29 heavy (non-hydrogen) atoms. The van der Waals surface area contributed by atoms with Crippen molar-refractivity contribution >= 4 is 17.2 Å². The highest BCUT2D eigenvalue weighted by atomic mass is 16.5. The number of ether oxygens (including phenoxy) is 2. The third-order valence-corrected chi connectivity index (χ3v) is 4.92. The fourth-order valence-corrected chi connectivity index (χ4v) is 3.55. The Kier molecular flexibility index (Phi) is 6.43. The molecule has 154 valence electrons. The van der Waals surface area contributed by atoms with E-state index in [1.54, 1.807) is 6.20 Å². The molecule has 0 aromatic heterocycles. The van der Waals surface area contributed by atoms with E-state index in [2.05, 4.69) is 11.8 Å². The van der Waals surface area contributed by atoms with Gasteiger partial charge < -0.3 is 24.6 Å². The first-order chi connectivity index (χ1) is 13.9. The Labute approximate surface area is 171 Å². The molecule has 0 saturated heterocycles. The normalized spacial score (nSPS) is 18.0. The summed E-state index contributed by atoms with van der Waals surface area (Å²) < 4.78 is 11.4. The number of rotatable bonds is 6. The summed E-state index contributed by atoms with van der Waals surface area (Å²) in [6.45, 7) is 7.13. The van der Waals surface area contributed by atoms with Crippen molar-refractivity contribution in [2.75, 3.05) is 24.7 Å². The first kappa shape index (κ1) is 21.1. The minimum atomic E-state index is -0.966. The molecule has 0 fully saturated rings. The molecule has 2 N–H and O–H groups in total. The van der Waals surface area contributed by atoms with E-state index in [1.165, 1.54) is 0 Å². The van der Waals surface area contributed by atoms with Crippen molar-refractivity contribution in [2.24, 2.45) is 0 Å². The SMILES string of the molecule is CCC=C1C(C(=O)O)=CN2c3c(cc(C#CCOCCCO)cc31)COC2(C)C. The lowest BCUT2D eigenvalue weighted by atomic mass is 9.87. The summed E-state index contributed by atoms with van der Waals surface area (Å²) in [5, 5.41) is 18.6. The first-order valence-electron chi connectivity index (χ1n) is 9.82. The Bertz CT molecular complexity index is 917. The van der Waals surface area contributed by atoms with Crippen molar-refractivity contribution in [2.45, 2.75) is 45.9 Å². The van der Waals surface area contributed by atoms with Gasteiger partial charge in [0.1, 0.15) is 12.3 Å². The van der Waals surface area contributed by atoms with Crippen LogP contribution in [0.25, 0.3) is 5.57 Å². The van der Waals surface area contributed by atoms with Crippen LogP contribution in [0.5, 0.6) is 0 Å². The number of benzene rings is 1. The molecule has 0 radical (unpaired) electrons. The summed E-state index contributed by atoms with van der Waals surface area (Å²) in [5.41, 5.74) is 3.95.